The van der Waals surface area contributed by atoms with Crippen molar-refractivity contribution >= 4 is 29.3 Å². The maximum absolute atomic E-state index is 13.3. The van der Waals surface area contributed by atoms with E-state index in [1.807, 2.05) is 38.1 Å². The third-order valence-electron chi connectivity index (χ3n) is 6.16. The second kappa shape index (κ2) is 12.6. The lowest BCUT2D eigenvalue weighted by atomic mass is 10.1. The number of nitro groups is 1. The normalized spacial score (nSPS) is 14.5. The van der Waals surface area contributed by atoms with E-state index < -0.39 is 11.0 Å². The predicted molar refractivity (Wildman–Crippen MR) is 135 cm³/mol. The predicted octanol–water partition coefficient (Wildman–Crippen LogP) is 5.00. The Morgan fingerprint density at radius 3 is 2.47 bits per heavy atom. The average Bonchev–Trinajstić information content (AvgIpc) is 3.32. The van der Waals surface area contributed by atoms with E-state index in [9.17, 15) is 19.7 Å². The summed E-state index contributed by atoms with van der Waals surface area (Å²) >= 11 is 1.45. The van der Waals surface area contributed by atoms with Gasteiger partial charge in [-0.3, -0.25) is 19.7 Å². The number of rotatable bonds is 11. The second-order valence-electron chi connectivity index (χ2n) is 8.84. The largest absolute Gasteiger partial charge is 0.352 e. The Hall–Kier alpha value is -2.87. The maximum atomic E-state index is 13.3. The van der Waals surface area contributed by atoms with Gasteiger partial charge in [0.05, 0.1) is 10.7 Å². The third kappa shape index (κ3) is 7.32. The number of nitrogens with zero attached hydrogens (tertiary/aromatic N) is 2. The first-order valence-corrected chi connectivity index (χ1v) is 13.0. The summed E-state index contributed by atoms with van der Waals surface area (Å²) in [5, 5.41) is 14.0. The topological polar surface area (TPSA) is 92.6 Å². The Bertz CT molecular complexity index is 990. The summed E-state index contributed by atoms with van der Waals surface area (Å²) in [5.74, 6) is 0.640. The molecule has 0 bridgehead atoms. The zero-order chi connectivity index (χ0) is 24.5. The molecule has 8 heteroatoms. The number of thioether (sulfide) groups is 1. The fourth-order valence-corrected chi connectivity index (χ4v) is 5.22. The van der Waals surface area contributed by atoms with Crippen LogP contribution in [0.15, 0.2) is 48.5 Å². The molecule has 2 aromatic rings. The van der Waals surface area contributed by atoms with Crippen LogP contribution in [0.5, 0.6) is 0 Å². The standard InChI is InChI=1S/C26H33N3O4S/c1-3-24(26(31)27-22-9-4-5-10-22)28(16-21-8-6-7-19(2)15-21)25(30)18-34-17-20-11-13-23(14-12-20)29(32)33/h6-8,11-15,22,24H,3-5,9-10,16-18H2,1-2H3,(H,27,31). The molecular weight excluding hydrogens is 450 g/mol. The number of amides is 2. The van der Waals surface area contributed by atoms with Gasteiger partial charge in [0.25, 0.3) is 5.69 Å². The van der Waals surface area contributed by atoms with Crippen LogP contribution in [0.25, 0.3) is 0 Å². The van der Waals surface area contributed by atoms with E-state index in [1.54, 1.807) is 17.0 Å². The van der Waals surface area contributed by atoms with Crippen LogP contribution in [0.1, 0.15) is 55.7 Å². The summed E-state index contributed by atoms with van der Waals surface area (Å²) in [7, 11) is 0. The number of benzene rings is 2. The lowest BCUT2D eigenvalue weighted by Gasteiger charge is -2.31. The van der Waals surface area contributed by atoms with Gasteiger partial charge in [0, 0.05) is 30.5 Å². The minimum absolute atomic E-state index is 0.0493. The van der Waals surface area contributed by atoms with E-state index in [2.05, 4.69) is 5.32 Å². The monoisotopic (exact) mass is 483 g/mol. The van der Waals surface area contributed by atoms with E-state index in [-0.39, 0.29) is 29.3 Å². The van der Waals surface area contributed by atoms with Crippen molar-refractivity contribution < 1.29 is 14.5 Å². The first-order chi connectivity index (χ1) is 16.4. The molecule has 1 unspecified atom stereocenters. The van der Waals surface area contributed by atoms with Crippen molar-refractivity contribution in [3.63, 3.8) is 0 Å². The van der Waals surface area contributed by atoms with Crippen LogP contribution in [-0.2, 0) is 21.9 Å². The first kappa shape index (κ1) is 25.7. The summed E-state index contributed by atoms with van der Waals surface area (Å²) in [6, 6.07) is 14.1. The molecule has 1 saturated carbocycles. The van der Waals surface area contributed by atoms with E-state index in [4.69, 9.17) is 0 Å². The molecule has 1 aliphatic carbocycles. The number of non-ortho nitro benzene ring substituents is 1. The van der Waals surface area contributed by atoms with Crippen LogP contribution < -0.4 is 5.32 Å². The number of hydrogen-bond acceptors (Lipinski definition) is 5. The minimum atomic E-state index is -0.520. The average molecular weight is 484 g/mol. The van der Waals surface area contributed by atoms with Gasteiger partial charge in [-0.05, 0) is 37.3 Å². The van der Waals surface area contributed by atoms with Gasteiger partial charge in [-0.25, -0.2) is 0 Å². The SMILES string of the molecule is CCC(C(=O)NC1CCCC1)N(Cc1cccc(C)c1)C(=O)CSCc1ccc([N+](=O)[O-])cc1. The van der Waals surface area contributed by atoms with Gasteiger partial charge in [-0.15, -0.1) is 11.8 Å². The fraction of sp³-hybridized carbons (Fsp3) is 0.462. The quantitative estimate of drug-likeness (QED) is 0.359. The van der Waals surface area contributed by atoms with Crippen molar-refractivity contribution in [3.8, 4) is 0 Å². The molecule has 0 aromatic heterocycles. The zero-order valence-corrected chi connectivity index (χ0v) is 20.7. The Morgan fingerprint density at radius 1 is 1.15 bits per heavy atom. The van der Waals surface area contributed by atoms with Gasteiger partial charge < -0.3 is 10.2 Å². The van der Waals surface area contributed by atoms with E-state index in [0.717, 1.165) is 42.4 Å². The van der Waals surface area contributed by atoms with E-state index in [0.29, 0.717) is 18.7 Å². The smallest absolute Gasteiger partial charge is 0.269 e. The summed E-state index contributed by atoms with van der Waals surface area (Å²) in [6.07, 6.45) is 4.81. The number of nitro benzene ring substituents is 1. The molecule has 1 fully saturated rings. The molecule has 1 aliphatic rings. The Labute approximate surface area is 205 Å². The number of carbonyl (C=O) groups excluding carboxylic acids is 2. The second-order valence-corrected chi connectivity index (χ2v) is 9.83. The van der Waals surface area contributed by atoms with Crippen LogP contribution in [0.3, 0.4) is 0 Å². The van der Waals surface area contributed by atoms with Gasteiger partial charge >= 0.3 is 0 Å². The molecular formula is C26H33N3O4S. The first-order valence-electron chi connectivity index (χ1n) is 11.8. The minimum Gasteiger partial charge on any atom is -0.352 e. The highest BCUT2D eigenvalue weighted by atomic mass is 32.2. The van der Waals surface area contributed by atoms with Crippen molar-refractivity contribution in [3.05, 3.63) is 75.3 Å². The highest BCUT2D eigenvalue weighted by Crippen LogP contribution is 2.21. The molecule has 1 atom stereocenters. The summed E-state index contributed by atoms with van der Waals surface area (Å²) in [4.78, 5) is 38.6. The van der Waals surface area contributed by atoms with Gasteiger partial charge in [0.1, 0.15) is 6.04 Å². The van der Waals surface area contributed by atoms with Gasteiger partial charge in [-0.2, -0.15) is 0 Å². The molecule has 34 heavy (non-hydrogen) atoms. The number of hydrogen-bond donors (Lipinski definition) is 1. The molecule has 0 aliphatic heterocycles. The van der Waals surface area contributed by atoms with Crippen molar-refractivity contribution in [2.24, 2.45) is 0 Å². The van der Waals surface area contributed by atoms with E-state index >= 15 is 0 Å². The molecule has 2 aromatic carbocycles. The van der Waals surface area contributed by atoms with Crippen LogP contribution in [-0.4, -0.2) is 39.5 Å². The molecule has 0 saturated heterocycles. The lowest BCUT2D eigenvalue weighted by molar-refractivity contribution is -0.384. The molecule has 0 spiro atoms. The van der Waals surface area contributed by atoms with Gasteiger partial charge in [-0.1, -0.05) is 61.7 Å². The highest BCUT2D eigenvalue weighted by molar-refractivity contribution is 7.99. The fourth-order valence-electron chi connectivity index (χ4n) is 4.35. The van der Waals surface area contributed by atoms with Crippen molar-refractivity contribution in [1.82, 2.24) is 10.2 Å². The molecule has 1 N–H and O–H groups in total. The van der Waals surface area contributed by atoms with Crippen LogP contribution in [0.2, 0.25) is 0 Å². The molecule has 0 radical (unpaired) electrons. The van der Waals surface area contributed by atoms with Gasteiger partial charge in [0.2, 0.25) is 11.8 Å². The Morgan fingerprint density at radius 2 is 1.85 bits per heavy atom. The maximum Gasteiger partial charge on any atom is 0.269 e. The van der Waals surface area contributed by atoms with Crippen molar-refractivity contribution in [2.45, 2.75) is 70.3 Å². The number of carbonyl (C=O) groups is 2. The van der Waals surface area contributed by atoms with Crippen molar-refractivity contribution in [2.75, 3.05) is 5.75 Å². The number of nitrogens with one attached hydrogen (secondary N) is 1. The summed E-state index contributed by atoms with van der Waals surface area (Å²) in [5.41, 5.74) is 3.08. The molecule has 182 valence electrons. The highest BCUT2D eigenvalue weighted by Gasteiger charge is 2.30. The molecule has 3 rings (SSSR count). The Balaban J connectivity index is 1.68. The van der Waals surface area contributed by atoms with E-state index in [1.165, 1.54) is 23.9 Å². The molecule has 2 amide bonds. The van der Waals surface area contributed by atoms with Gasteiger partial charge in [0.15, 0.2) is 0 Å². The lowest BCUT2D eigenvalue weighted by Crippen LogP contribution is -2.51. The van der Waals surface area contributed by atoms with Crippen LogP contribution >= 0.6 is 11.8 Å². The number of aryl methyl sites for hydroxylation is 1. The molecule has 0 heterocycles. The molecule has 7 nitrogen and oxygen atoms in total. The van der Waals surface area contributed by atoms with Crippen molar-refractivity contribution in [1.29, 1.82) is 0 Å². The summed E-state index contributed by atoms with van der Waals surface area (Å²) < 4.78 is 0. The van der Waals surface area contributed by atoms with Crippen LogP contribution in [0, 0.1) is 17.0 Å². The Kier molecular flexibility index (Phi) is 9.51. The van der Waals surface area contributed by atoms with Crippen LogP contribution in [0.4, 0.5) is 5.69 Å². The third-order valence-corrected chi connectivity index (χ3v) is 7.15. The summed E-state index contributed by atoms with van der Waals surface area (Å²) in [6.45, 7) is 4.34. The zero-order valence-electron chi connectivity index (χ0n) is 19.9.